The van der Waals surface area contributed by atoms with Gasteiger partial charge in [0.2, 0.25) is 0 Å². The number of hydrogen-bond donors (Lipinski definition) is 1. The third-order valence-corrected chi connectivity index (χ3v) is 2.93. The number of esters is 1. The summed E-state index contributed by atoms with van der Waals surface area (Å²) in [5.74, 6) is -1.95. The third-order valence-electron chi connectivity index (χ3n) is 2.93. The molecule has 0 aromatic heterocycles. The van der Waals surface area contributed by atoms with Crippen molar-refractivity contribution in [2.45, 2.75) is 47.0 Å². The summed E-state index contributed by atoms with van der Waals surface area (Å²) < 4.78 is 4.91. The van der Waals surface area contributed by atoms with E-state index in [9.17, 15) is 14.7 Å². The molecule has 4 nitrogen and oxygen atoms in total. The van der Waals surface area contributed by atoms with Gasteiger partial charge in [-0.1, -0.05) is 33.6 Å². The van der Waals surface area contributed by atoms with Crippen molar-refractivity contribution in [3.8, 4) is 0 Å². The van der Waals surface area contributed by atoms with Gasteiger partial charge in [-0.25, -0.2) is 0 Å². The van der Waals surface area contributed by atoms with E-state index >= 15 is 0 Å². The molecule has 0 fully saturated rings. The van der Waals surface area contributed by atoms with Crippen LogP contribution < -0.4 is 0 Å². The number of unbranched alkanes of at least 4 members (excludes halogenated alkanes) is 1. The van der Waals surface area contributed by atoms with Crippen LogP contribution in [-0.2, 0) is 14.3 Å². The van der Waals surface area contributed by atoms with Crippen LogP contribution in [-0.4, -0.2) is 23.7 Å². The molecule has 94 valence electrons. The predicted octanol–water partition coefficient (Wildman–Crippen LogP) is 2.47. The highest BCUT2D eigenvalue weighted by Gasteiger charge is 2.49. The lowest BCUT2D eigenvalue weighted by atomic mass is 9.73. The van der Waals surface area contributed by atoms with Gasteiger partial charge in [0.15, 0.2) is 5.41 Å². The monoisotopic (exact) mass is 230 g/mol. The van der Waals surface area contributed by atoms with Crippen LogP contribution in [0.25, 0.3) is 0 Å². The van der Waals surface area contributed by atoms with E-state index in [0.29, 0.717) is 12.8 Å². The number of hydrogen-bond acceptors (Lipinski definition) is 3. The fourth-order valence-electron chi connectivity index (χ4n) is 1.78. The van der Waals surface area contributed by atoms with Crippen LogP contribution in [0.3, 0.4) is 0 Å². The second kappa shape index (κ2) is 6.51. The largest absolute Gasteiger partial charge is 0.480 e. The standard InChI is InChI=1S/C12H22O4/c1-5-7-8-12(9(3)4,10(13)14)11(15)16-6-2/h9H,5-8H2,1-4H3,(H,13,14). The first-order chi connectivity index (χ1) is 7.43. The molecule has 1 N–H and O–H groups in total. The van der Waals surface area contributed by atoms with E-state index in [2.05, 4.69) is 0 Å². The zero-order valence-corrected chi connectivity index (χ0v) is 10.6. The van der Waals surface area contributed by atoms with Crippen LogP contribution in [0, 0.1) is 11.3 Å². The van der Waals surface area contributed by atoms with E-state index < -0.39 is 17.4 Å². The lowest BCUT2D eigenvalue weighted by molar-refractivity contribution is -0.173. The van der Waals surface area contributed by atoms with E-state index in [4.69, 9.17) is 4.74 Å². The normalized spacial score (nSPS) is 14.6. The van der Waals surface area contributed by atoms with Crippen molar-refractivity contribution in [3.63, 3.8) is 0 Å². The molecule has 4 heteroatoms. The van der Waals surface area contributed by atoms with Crippen molar-refractivity contribution >= 4 is 11.9 Å². The van der Waals surface area contributed by atoms with Crippen LogP contribution in [0.4, 0.5) is 0 Å². The van der Waals surface area contributed by atoms with E-state index in [1.807, 2.05) is 6.92 Å². The van der Waals surface area contributed by atoms with Gasteiger partial charge < -0.3 is 9.84 Å². The molecular weight excluding hydrogens is 208 g/mol. The molecule has 0 saturated carbocycles. The van der Waals surface area contributed by atoms with E-state index in [0.717, 1.165) is 6.42 Å². The minimum atomic E-state index is -1.38. The van der Waals surface area contributed by atoms with Crippen molar-refractivity contribution in [2.75, 3.05) is 6.61 Å². The Hall–Kier alpha value is -1.06. The lowest BCUT2D eigenvalue weighted by Crippen LogP contribution is -2.45. The van der Waals surface area contributed by atoms with Gasteiger partial charge in [-0.3, -0.25) is 9.59 Å². The molecule has 0 aliphatic heterocycles. The molecule has 16 heavy (non-hydrogen) atoms. The Labute approximate surface area is 97.0 Å². The second-order valence-electron chi connectivity index (χ2n) is 4.26. The molecule has 0 radical (unpaired) electrons. The molecule has 0 spiro atoms. The molecule has 0 aliphatic carbocycles. The average molecular weight is 230 g/mol. The van der Waals surface area contributed by atoms with Crippen LogP contribution in [0.2, 0.25) is 0 Å². The summed E-state index contributed by atoms with van der Waals surface area (Å²) in [5, 5.41) is 9.32. The Kier molecular flexibility index (Phi) is 6.08. The maximum atomic E-state index is 11.9. The Morgan fingerprint density at radius 2 is 1.88 bits per heavy atom. The van der Waals surface area contributed by atoms with Gasteiger partial charge in [0.1, 0.15) is 0 Å². The number of carboxylic acids is 1. The molecule has 0 amide bonds. The van der Waals surface area contributed by atoms with Crippen LogP contribution >= 0.6 is 0 Å². The minimum Gasteiger partial charge on any atom is -0.480 e. The van der Waals surface area contributed by atoms with Crippen molar-refractivity contribution in [2.24, 2.45) is 11.3 Å². The van der Waals surface area contributed by atoms with E-state index in [1.165, 1.54) is 0 Å². The number of carboxylic acid groups (broad SMARTS) is 1. The second-order valence-corrected chi connectivity index (χ2v) is 4.26. The Balaban J connectivity index is 5.09. The maximum absolute atomic E-state index is 11.9. The predicted molar refractivity (Wildman–Crippen MR) is 61.1 cm³/mol. The van der Waals surface area contributed by atoms with Gasteiger partial charge in [0.05, 0.1) is 6.61 Å². The number of ether oxygens (including phenoxy) is 1. The topological polar surface area (TPSA) is 63.6 Å². The van der Waals surface area contributed by atoms with E-state index in [-0.39, 0.29) is 12.5 Å². The quantitative estimate of drug-likeness (QED) is 0.539. The molecule has 0 rings (SSSR count). The molecule has 0 bridgehead atoms. The molecule has 0 heterocycles. The van der Waals surface area contributed by atoms with E-state index in [1.54, 1.807) is 20.8 Å². The Morgan fingerprint density at radius 1 is 1.31 bits per heavy atom. The summed E-state index contributed by atoms with van der Waals surface area (Å²) in [6, 6.07) is 0. The molecule has 0 saturated heterocycles. The average Bonchev–Trinajstić information content (AvgIpc) is 2.18. The first kappa shape index (κ1) is 14.9. The molecule has 0 aliphatic rings. The van der Waals surface area contributed by atoms with Crippen LogP contribution in [0.1, 0.15) is 47.0 Å². The van der Waals surface area contributed by atoms with Gasteiger partial charge >= 0.3 is 11.9 Å². The van der Waals surface area contributed by atoms with Crippen molar-refractivity contribution in [1.82, 2.24) is 0 Å². The molecule has 0 aromatic carbocycles. The first-order valence-electron chi connectivity index (χ1n) is 5.84. The Bertz CT molecular complexity index is 247. The summed E-state index contributed by atoms with van der Waals surface area (Å²) in [5.41, 5.74) is -1.38. The molecule has 1 atom stereocenters. The van der Waals surface area contributed by atoms with Gasteiger partial charge in [-0.05, 0) is 19.3 Å². The summed E-state index contributed by atoms with van der Waals surface area (Å²) >= 11 is 0. The smallest absolute Gasteiger partial charge is 0.323 e. The number of carbonyl (C=O) groups excluding carboxylic acids is 1. The summed E-state index contributed by atoms with van der Waals surface area (Å²) in [7, 11) is 0. The van der Waals surface area contributed by atoms with Crippen LogP contribution in [0.15, 0.2) is 0 Å². The van der Waals surface area contributed by atoms with Crippen molar-refractivity contribution in [1.29, 1.82) is 0 Å². The Morgan fingerprint density at radius 3 is 2.19 bits per heavy atom. The third kappa shape index (κ3) is 2.97. The maximum Gasteiger partial charge on any atom is 0.323 e. The highest BCUT2D eigenvalue weighted by atomic mass is 16.5. The SMILES string of the molecule is CCCCC(C(=O)O)(C(=O)OCC)C(C)C. The highest BCUT2D eigenvalue weighted by Crippen LogP contribution is 2.35. The van der Waals surface area contributed by atoms with Crippen molar-refractivity contribution < 1.29 is 19.4 Å². The van der Waals surface area contributed by atoms with Gasteiger partial charge in [0, 0.05) is 0 Å². The van der Waals surface area contributed by atoms with Gasteiger partial charge in [0.25, 0.3) is 0 Å². The fourth-order valence-corrected chi connectivity index (χ4v) is 1.78. The number of carbonyl (C=O) groups is 2. The van der Waals surface area contributed by atoms with Crippen LogP contribution in [0.5, 0.6) is 0 Å². The summed E-state index contributed by atoms with van der Waals surface area (Å²) in [4.78, 5) is 23.2. The molecule has 1 unspecified atom stereocenters. The molecule has 0 aromatic rings. The zero-order chi connectivity index (χ0) is 12.8. The first-order valence-corrected chi connectivity index (χ1v) is 5.84. The van der Waals surface area contributed by atoms with Gasteiger partial charge in [-0.2, -0.15) is 0 Å². The fraction of sp³-hybridized carbons (Fsp3) is 0.833. The molecular formula is C12H22O4. The lowest BCUT2D eigenvalue weighted by Gasteiger charge is -2.30. The zero-order valence-electron chi connectivity index (χ0n) is 10.6. The highest BCUT2D eigenvalue weighted by molar-refractivity contribution is 5.99. The van der Waals surface area contributed by atoms with Crippen molar-refractivity contribution in [3.05, 3.63) is 0 Å². The minimum absolute atomic E-state index is 0.215. The number of aliphatic carboxylic acids is 1. The summed E-state index contributed by atoms with van der Waals surface area (Å²) in [6.07, 6.45) is 1.92. The van der Waals surface area contributed by atoms with Gasteiger partial charge in [-0.15, -0.1) is 0 Å². The number of rotatable bonds is 7. The summed E-state index contributed by atoms with van der Waals surface area (Å²) in [6.45, 7) is 7.37.